The van der Waals surface area contributed by atoms with Gasteiger partial charge in [-0.2, -0.15) is 5.26 Å². The molecule has 2 atom stereocenters. The van der Waals surface area contributed by atoms with Crippen LogP contribution < -0.4 is 10.2 Å². The summed E-state index contributed by atoms with van der Waals surface area (Å²) in [6.45, 7) is 2.81. The molecule has 0 aromatic carbocycles. The smallest absolute Gasteiger partial charge is 0.318 e. The predicted molar refractivity (Wildman–Crippen MR) is 80.5 cm³/mol. The molecule has 0 aliphatic carbocycles. The van der Waals surface area contributed by atoms with Crippen molar-refractivity contribution < 1.29 is 9.53 Å². The van der Waals surface area contributed by atoms with Crippen LogP contribution in [-0.4, -0.2) is 61.3 Å². The standard InChI is InChI=1S/C15H19N5O2/c1-22-7-6-20-14-4-5-19(10-13(14)18-15(20)21)12-3-2-11(8-16)17-9-12/h2-3,9,13-14H,4-7,10H2,1H3,(H,18,21)/t13-,14+/m1/s1. The van der Waals surface area contributed by atoms with Crippen molar-refractivity contribution in [3.63, 3.8) is 0 Å². The number of carbonyl (C=O) groups excluding carboxylic acids is 1. The van der Waals surface area contributed by atoms with Crippen LogP contribution in [-0.2, 0) is 4.74 Å². The fourth-order valence-corrected chi connectivity index (χ4v) is 3.18. The Balaban J connectivity index is 1.67. The minimum atomic E-state index is -0.00754. The molecule has 22 heavy (non-hydrogen) atoms. The van der Waals surface area contributed by atoms with Gasteiger partial charge < -0.3 is 19.9 Å². The third kappa shape index (κ3) is 2.70. The number of carbonyl (C=O) groups is 1. The molecule has 0 radical (unpaired) electrons. The summed E-state index contributed by atoms with van der Waals surface area (Å²) in [6.07, 6.45) is 2.63. The molecule has 2 amide bonds. The molecule has 1 N–H and O–H groups in total. The Morgan fingerprint density at radius 3 is 3.09 bits per heavy atom. The number of urea groups is 1. The molecule has 0 saturated carbocycles. The summed E-state index contributed by atoms with van der Waals surface area (Å²) < 4.78 is 5.08. The van der Waals surface area contributed by atoms with Crippen LogP contribution in [0.5, 0.6) is 0 Å². The maximum Gasteiger partial charge on any atom is 0.318 e. The van der Waals surface area contributed by atoms with Crippen LogP contribution in [0.3, 0.4) is 0 Å². The van der Waals surface area contributed by atoms with Gasteiger partial charge in [-0.15, -0.1) is 0 Å². The first-order valence-electron chi connectivity index (χ1n) is 7.40. The van der Waals surface area contributed by atoms with Crippen LogP contribution >= 0.6 is 0 Å². The fraction of sp³-hybridized carbons (Fsp3) is 0.533. The number of nitriles is 1. The van der Waals surface area contributed by atoms with Crippen molar-refractivity contribution in [1.29, 1.82) is 5.26 Å². The van der Waals surface area contributed by atoms with E-state index in [4.69, 9.17) is 10.00 Å². The minimum Gasteiger partial charge on any atom is -0.383 e. The summed E-state index contributed by atoms with van der Waals surface area (Å²) in [5.74, 6) is 0. The number of pyridine rings is 1. The maximum absolute atomic E-state index is 12.1. The van der Waals surface area contributed by atoms with Gasteiger partial charge >= 0.3 is 6.03 Å². The van der Waals surface area contributed by atoms with E-state index in [1.54, 1.807) is 19.4 Å². The van der Waals surface area contributed by atoms with E-state index in [-0.39, 0.29) is 18.1 Å². The quantitative estimate of drug-likeness (QED) is 0.879. The fourth-order valence-electron chi connectivity index (χ4n) is 3.18. The summed E-state index contributed by atoms with van der Waals surface area (Å²) in [5.41, 5.74) is 1.40. The van der Waals surface area contributed by atoms with E-state index in [2.05, 4.69) is 15.2 Å². The molecule has 1 aromatic heterocycles. The largest absolute Gasteiger partial charge is 0.383 e. The lowest BCUT2D eigenvalue weighted by atomic mass is 9.99. The van der Waals surface area contributed by atoms with Gasteiger partial charge in [0.15, 0.2) is 0 Å². The molecule has 0 unspecified atom stereocenters. The second kappa shape index (κ2) is 6.20. The van der Waals surface area contributed by atoms with Crippen molar-refractivity contribution >= 4 is 11.7 Å². The average Bonchev–Trinajstić information content (AvgIpc) is 2.87. The zero-order valence-electron chi connectivity index (χ0n) is 12.5. The van der Waals surface area contributed by atoms with Gasteiger partial charge in [-0.1, -0.05) is 0 Å². The second-order valence-corrected chi connectivity index (χ2v) is 5.56. The average molecular weight is 301 g/mol. The number of nitrogens with one attached hydrogen (secondary N) is 1. The number of piperidine rings is 1. The summed E-state index contributed by atoms with van der Waals surface area (Å²) in [7, 11) is 1.64. The van der Waals surface area contributed by atoms with Crippen molar-refractivity contribution in [3.05, 3.63) is 24.0 Å². The predicted octanol–water partition coefficient (Wildman–Crippen LogP) is 0.572. The number of methoxy groups -OCH3 is 1. The van der Waals surface area contributed by atoms with Crippen LogP contribution in [0.4, 0.5) is 10.5 Å². The number of nitrogens with zero attached hydrogens (tertiary/aromatic N) is 4. The third-order valence-corrected chi connectivity index (χ3v) is 4.31. The Morgan fingerprint density at radius 1 is 1.55 bits per heavy atom. The molecule has 2 saturated heterocycles. The zero-order valence-corrected chi connectivity index (χ0v) is 12.5. The molecule has 1 aromatic rings. The van der Waals surface area contributed by atoms with Gasteiger partial charge in [-0.05, 0) is 18.6 Å². The highest BCUT2D eigenvalue weighted by Gasteiger charge is 2.42. The summed E-state index contributed by atoms with van der Waals surface area (Å²) in [4.78, 5) is 20.3. The van der Waals surface area contributed by atoms with Crippen LogP contribution in [0.25, 0.3) is 0 Å². The van der Waals surface area contributed by atoms with Crippen molar-refractivity contribution in [2.45, 2.75) is 18.5 Å². The van der Waals surface area contributed by atoms with Crippen LogP contribution in [0, 0.1) is 11.3 Å². The number of hydrogen-bond donors (Lipinski definition) is 1. The molecular formula is C15H19N5O2. The number of rotatable bonds is 4. The maximum atomic E-state index is 12.1. The lowest BCUT2D eigenvalue weighted by Crippen LogP contribution is -2.51. The first kappa shape index (κ1) is 14.6. The Morgan fingerprint density at radius 2 is 2.41 bits per heavy atom. The van der Waals surface area contributed by atoms with E-state index in [1.807, 2.05) is 17.0 Å². The summed E-state index contributed by atoms with van der Waals surface area (Å²) >= 11 is 0. The molecule has 2 aliphatic rings. The molecule has 3 rings (SSSR count). The van der Waals surface area contributed by atoms with Crippen LogP contribution in [0.1, 0.15) is 12.1 Å². The van der Waals surface area contributed by atoms with E-state index >= 15 is 0 Å². The molecule has 7 heteroatoms. The Labute approximate surface area is 129 Å². The Bertz CT molecular complexity index is 583. The third-order valence-electron chi connectivity index (χ3n) is 4.31. The van der Waals surface area contributed by atoms with Gasteiger partial charge in [0, 0.05) is 26.7 Å². The molecular weight excluding hydrogens is 282 g/mol. The molecule has 0 bridgehead atoms. The molecule has 0 spiro atoms. The van der Waals surface area contributed by atoms with E-state index in [9.17, 15) is 4.79 Å². The SMILES string of the molecule is COCCN1C(=O)N[C@@H]2CN(c3ccc(C#N)nc3)CC[C@@H]21. The van der Waals surface area contributed by atoms with Crippen molar-refractivity contribution in [1.82, 2.24) is 15.2 Å². The highest BCUT2D eigenvalue weighted by molar-refractivity contribution is 5.78. The highest BCUT2D eigenvalue weighted by Crippen LogP contribution is 2.26. The minimum absolute atomic E-state index is 0.00754. The summed E-state index contributed by atoms with van der Waals surface area (Å²) in [6, 6.07) is 5.99. The van der Waals surface area contributed by atoms with Crippen molar-refractivity contribution in [2.75, 3.05) is 38.3 Å². The van der Waals surface area contributed by atoms with Gasteiger partial charge in [0.25, 0.3) is 0 Å². The lowest BCUT2D eigenvalue weighted by Gasteiger charge is -2.37. The van der Waals surface area contributed by atoms with Crippen LogP contribution in [0.2, 0.25) is 0 Å². The van der Waals surface area contributed by atoms with Gasteiger partial charge in [-0.25, -0.2) is 9.78 Å². The topological polar surface area (TPSA) is 81.5 Å². The highest BCUT2D eigenvalue weighted by atomic mass is 16.5. The second-order valence-electron chi connectivity index (χ2n) is 5.56. The number of anilines is 1. The van der Waals surface area contributed by atoms with Crippen molar-refractivity contribution in [3.8, 4) is 6.07 Å². The molecule has 3 heterocycles. The van der Waals surface area contributed by atoms with Gasteiger partial charge in [-0.3, -0.25) is 0 Å². The first-order valence-corrected chi connectivity index (χ1v) is 7.40. The number of aromatic nitrogens is 1. The normalized spacial score (nSPS) is 23.9. The lowest BCUT2D eigenvalue weighted by molar-refractivity contribution is 0.140. The van der Waals surface area contributed by atoms with E-state index in [0.717, 1.165) is 25.2 Å². The van der Waals surface area contributed by atoms with Crippen LogP contribution in [0.15, 0.2) is 18.3 Å². The number of amides is 2. The molecule has 116 valence electrons. The van der Waals surface area contributed by atoms with Gasteiger partial charge in [0.1, 0.15) is 11.8 Å². The number of hydrogen-bond acceptors (Lipinski definition) is 5. The van der Waals surface area contributed by atoms with Gasteiger partial charge in [0.05, 0.1) is 30.6 Å². The first-order chi connectivity index (χ1) is 10.7. The molecule has 2 aliphatic heterocycles. The monoisotopic (exact) mass is 301 g/mol. The van der Waals surface area contributed by atoms with E-state index in [1.165, 1.54) is 0 Å². The molecule has 2 fully saturated rings. The van der Waals surface area contributed by atoms with E-state index in [0.29, 0.717) is 18.8 Å². The van der Waals surface area contributed by atoms with Gasteiger partial charge in [0.2, 0.25) is 0 Å². The zero-order chi connectivity index (χ0) is 15.5. The number of ether oxygens (including phenoxy) is 1. The van der Waals surface area contributed by atoms with Crippen molar-refractivity contribution in [2.24, 2.45) is 0 Å². The Kier molecular flexibility index (Phi) is 4.11. The summed E-state index contributed by atoms with van der Waals surface area (Å²) in [5, 5.41) is 11.9. The van der Waals surface area contributed by atoms with E-state index < -0.39 is 0 Å². The Hall–Kier alpha value is -2.33. The number of fused-ring (bicyclic) bond motifs is 1. The molecule has 7 nitrogen and oxygen atoms in total.